The molecule has 114 valence electrons. The molecule has 0 atom stereocenters. The standard InChI is InChI=1S/C17H37NSi/c1-7-10-12-18(13-11-8-2)15-17(4)16-19(5,6)14-9-3/h15H,7-14,16H2,1-6H3. The van der Waals surface area contributed by atoms with Crippen molar-refractivity contribution in [1.82, 2.24) is 4.90 Å². The van der Waals surface area contributed by atoms with E-state index in [1.54, 1.807) is 5.57 Å². The van der Waals surface area contributed by atoms with E-state index in [1.807, 2.05) is 0 Å². The van der Waals surface area contributed by atoms with Crippen LogP contribution in [0.2, 0.25) is 25.2 Å². The van der Waals surface area contributed by atoms with E-state index in [0.29, 0.717) is 0 Å². The van der Waals surface area contributed by atoms with Gasteiger partial charge in [0.2, 0.25) is 0 Å². The Bertz CT molecular complexity index is 238. The molecule has 0 aromatic rings. The average molecular weight is 284 g/mol. The maximum atomic E-state index is 2.57. The molecule has 0 radical (unpaired) electrons. The van der Waals surface area contributed by atoms with Crippen LogP contribution in [0.25, 0.3) is 0 Å². The lowest BCUT2D eigenvalue weighted by Crippen LogP contribution is -2.26. The Kier molecular flexibility index (Phi) is 10.4. The van der Waals surface area contributed by atoms with Gasteiger partial charge in [-0.05, 0) is 32.0 Å². The molecular formula is C17H37NSi. The third kappa shape index (κ3) is 10.2. The molecule has 0 aromatic heterocycles. The molecule has 0 spiro atoms. The first-order valence-electron chi connectivity index (χ1n) is 8.36. The highest BCUT2D eigenvalue weighted by atomic mass is 28.3. The molecule has 2 heteroatoms. The van der Waals surface area contributed by atoms with Crippen molar-refractivity contribution in [2.45, 2.75) is 85.0 Å². The second-order valence-corrected chi connectivity index (χ2v) is 12.0. The Balaban J connectivity index is 4.44. The quantitative estimate of drug-likeness (QED) is 0.426. The minimum absolute atomic E-state index is 0.991. The summed E-state index contributed by atoms with van der Waals surface area (Å²) in [7, 11) is -0.991. The van der Waals surface area contributed by atoms with Gasteiger partial charge in [-0.1, -0.05) is 64.7 Å². The summed E-state index contributed by atoms with van der Waals surface area (Å²) in [5, 5.41) is 0. The lowest BCUT2D eigenvalue weighted by Gasteiger charge is -2.25. The van der Waals surface area contributed by atoms with Gasteiger partial charge in [-0.2, -0.15) is 0 Å². The van der Waals surface area contributed by atoms with Crippen molar-refractivity contribution in [3.8, 4) is 0 Å². The molecule has 0 bridgehead atoms. The highest BCUT2D eigenvalue weighted by Crippen LogP contribution is 2.22. The Morgan fingerprint density at radius 2 is 1.47 bits per heavy atom. The first kappa shape index (κ1) is 18.8. The van der Waals surface area contributed by atoms with Crippen molar-refractivity contribution in [2.24, 2.45) is 0 Å². The molecule has 0 amide bonds. The van der Waals surface area contributed by atoms with Crippen LogP contribution in [0.5, 0.6) is 0 Å². The maximum Gasteiger partial charge on any atom is 0.0514 e. The van der Waals surface area contributed by atoms with Crippen molar-refractivity contribution >= 4 is 8.07 Å². The molecule has 0 heterocycles. The lowest BCUT2D eigenvalue weighted by atomic mass is 10.2. The largest absolute Gasteiger partial charge is 0.377 e. The minimum atomic E-state index is -0.991. The third-order valence-electron chi connectivity index (χ3n) is 3.68. The van der Waals surface area contributed by atoms with Crippen LogP contribution in [0.1, 0.15) is 59.8 Å². The van der Waals surface area contributed by atoms with Gasteiger partial charge < -0.3 is 4.90 Å². The van der Waals surface area contributed by atoms with Gasteiger partial charge in [0.25, 0.3) is 0 Å². The van der Waals surface area contributed by atoms with E-state index >= 15 is 0 Å². The van der Waals surface area contributed by atoms with E-state index < -0.39 is 8.07 Å². The van der Waals surface area contributed by atoms with E-state index in [1.165, 1.54) is 57.3 Å². The zero-order chi connectivity index (χ0) is 14.7. The second-order valence-electron chi connectivity index (χ2n) is 6.81. The van der Waals surface area contributed by atoms with E-state index in [4.69, 9.17) is 0 Å². The number of allylic oxidation sites excluding steroid dienone is 1. The number of hydrogen-bond donors (Lipinski definition) is 0. The summed E-state index contributed by atoms with van der Waals surface area (Å²) >= 11 is 0. The van der Waals surface area contributed by atoms with Crippen molar-refractivity contribution in [3.63, 3.8) is 0 Å². The topological polar surface area (TPSA) is 3.24 Å². The number of unbranched alkanes of at least 4 members (excludes halogenated alkanes) is 2. The Morgan fingerprint density at radius 3 is 1.89 bits per heavy atom. The lowest BCUT2D eigenvalue weighted by molar-refractivity contribution is 0.357. The van der Waals surface area contributed by atoms with Crippen LogP contribution in [-0.2, 0) is 0 Å². The number of nitrogens with zero attached hydrogens (tertiary/aromatic N) is 1. The van der Waals surface area contributed by atoms with Gasteiger partial charge in [-0.25, -0.2) is 0 Å². The van der Waals surface area contributed by atoms with E-state index in [2.05, 4.69) is 51.9 Å². The molecule has 0 unspecified atom stereocenters. The molecule has 0 fully saturated rings. The fourth-order valence-electron chi connectivity index (χ4n) is 2.84. The summed E-state index contributed by atoms with van der Waals surface area (Å²) in [5.41, 5.74) is 1.61. The molecule has 0 aliphatic heterocycles. The summed E-state index contributed by atoms with van der Waals surface area (Å²) in [4.78, 5) is 2.57. The molecule has 0 saturated carbocycles. The molecular weight excluding hydrogens is 246 g/mol. The monoisotopic (exact) mass is 283 g/mol. The predicted octanol–water partition coefficient (Wildman–Crippen LogP) is 5.91. The van der Waals surface area contributed by atoms with Crippen LogP contribution >= 0.6 is 0 Å². The van der Waals surface area contributed by atoms with E-state index in [-0.39, 0.29) is 0 Å². The van der Waals surface area contributed by atoms with Gasteiger partial charge >= 0.3 is 0 Å². The normalized spacial score (nSPS) is 12.8. The van der Waals surface area contributed by atoms with Crippen LogP contribution in [0, 0.1) is 0 Å². The van der Waals surface area contributed by atoms with Crippen LogP contribution in [-0.4, -0.2) is 26.1 Å². The molecule has 1 nitrogen and oxygen atoms in total. The smallest absolute Gasteiger partial charge is 0.0514 e. The van der Waals surface area contributed by atoms with Crippen LogP contribution in [0.4, 0.5) is 0 Å². The molecule has 0 saturated heterocycles. The first-order chi connectivity index (χ1) is 8.95. The Hall–Kier alpha value is -0.243. The van der Waals surface area contributed by atoms with Gasteiger partial charge in [-0.3, -0.25) is 0 Å². The molecule has 0 aliphatic carbocycles. The van der Waals surface area contributed by atoms with Crippen LogP contribution in [0.3, 0.4) is 0 Å². The van der Waals surface area contributed by atoms with Crippen molar-refractivity contribution in [1.29, 1.82) is 0 Å². The molecule has 0 aromatic carbocycles. The second kappa shape index (κ2) is 10.5. The zero-order valence-electron chi connectivity index (χ0n) is 14.4. The molecule has 0 aliphatic rings. The van der Waals surface area contributed by atoms with Gasteiger partial charge in [0.1, 0.15) is 0 Å². The fraction of sp³-hybridized carbons (Fsp3) is 0.882. The summed E-state index contributed by atoms with van der Waals surface area (Å²) < 4.78 is 0. The number of hydrogen-bond acceptors (Lipinski definition) is 1. The predicted molar refractivity (Wildman–Crippen MR) is 92.5 cm³/mol. The van der Waals surface area contributed by atoms with Gasteiger partial charge in [0.15, 0.2) is 0 Å². The van der Waals surface area contributed by atoms with E-state index in [9.17, 15) is 0 Å². The average Bonchev–Trinajstić information content (AvgIpc) is 2.31. The third-order valence-corrected chi connectivity index (χ3v) is 7.05. The minimum Gasteiger partial charge on any atom is -0.377 e. The highest BCUT2D eigenvalue weighted by molar-refractivity contribution is 6.77. The maximum absolute atomic E-state index is 2.57. The van der Waals surface area contributed by atoms with Gasteiger partial charge in [0.05, 0.1) is 8.07 Å². The summed E-state index contributed by atoms with van der Waals surface area (Å²) in [5.74, 6) is 0. The van der Waals surface area contributed by atoms with Crippen molar-refractivity contribution in [3.05, 3.63) is 11.8 Å². The number of rotatable bonds is 11. The summed E-state index contributed by atoms with van der Waals surface area (Å²) in [6.45, 7) is 16.8. The highest BCUT2D eigenvalue weighted by Gasteiger charge is 2.19. The molecule has 0 N–H and O–H groups in total. The van der Waals surface area contributed by atoms with Gasteiger partial charge in [-0.15, -0.1) is 0 Å². The van der Waals surface area contributed by atoms with Crippen LogP contribution < -0.4 is 0 Å². The van der Waals surface area contributed by atoms with Crippen molar-refractivity contribution in [2.75, 3.05) is 13.1 Å². The summed E-state index contributed by atoms with van der Waals surface area (Å²) in [6.07, 6.45) is 9.06. The Morgan fingerprint density at radius 1 is 0.947 bits per heavy atom. The van der Waals surface area contributed by atoms with E-state index in [0.717, 1.165) is 0 Å². The molecule has 0 rings (SSSR count). The molecule has 19 heavy (non-hydrogen) atoms. The van der Waals surface area contributed by atoms with Gasteiger partial charge in [0, 0.05) is 13.1 Å². The fourth-order valence-corrected chi connectivity index (χ4v) is 5.97. The summed E-state index contributed by atoms with van der Waals surface area (Å²) in [6, 6.07) is 2.83. The van der Waals surface area contributed by atoms with Crippen molar-refractivity contribution < 1.29 is 0 Å². The SMILES string of the molecule is CCCCN(C=C(C)C[Si](C)(C)CCC)CCCC. The zero-order valence-corrected chi connectivity index (χ0v) is 15.4. The Labute approximate surface area is 123 Å². The van der Waals surface area contributed by atoms with Crippen LogP contribution in [0.15, 0.2) is 11.8 Å². The first-order valence-corrected chi connectivity index (χ1v) is 11.8.